The predicted octanol–water partition coefficient (Wildman–Crippen LogP) is 3.19. The molecule has 4 nitrogen and oxygen atoms in total. The van der Waals surface area contributed by atoms with Gasteiger partial charge in [-0.2, -0.15) is 0 Å². The molecule has 0 unspecified atom stereocenters. The van der Waals surface area contributed by atoms with E-state index in [1.807, 2.05) is 0 Å². The molecule has 2 aromatic carbocycles. The SMILES string of the molecule is COC(=O)c1c(O)cc(O)cc1C=Cc1ccc(F)cc1. The summed E-state index contributed by atoms with van der Waals surface area (Å²) in [6.07, 6.45) is 3.15. The second-order valence-electron chi connectivity index (χ2n) is 4.31. The van der Waals surface area contributed by atoms with Crippen molar-refractivity contribution in [3.05, 3.63) is 58.9 Å². The van der Waals surface area contributed by atoms with Gasteiger partial charge in [-0.3, -0.25) is 0 Å². The second kappa shape index (κ2) is 6.09. The summed E-state index contributed by atoms with van der Waals surface area (Å²) in [5.41, 5.74) is 0.951. The molecule has 0 saturated heterocycles. The summed E-state index contributed by atoms with van der Waals surface area (Å²) >= 11 is 0. The van der Waals surface area contributed by atoms with Gasteiger partial charge in [-0.1, -0.05) is 24.3 Å². The summed E-state index contributed by atoms with van der Waals surface area (Å²) in [5, 5.41) is 19.3. The van der Waals surface area contributed by atoms with Crippen LogP contribution in [-0.4, -0.2) is 23.3 Å². The van der Waals surface area contributed by atoms with Crippen molar-refractivity contribution < 1.29 is 24.1 Å². The average Bonchev–Trinajstić information content (AvgIpc) is 2.45. The molecular weight excluding hydrogens is 275 g/mol. The van der Waals surface area contributed by atoms with Crippen LogP contribution < -0.4 is 0 Å². The van der Waals surface area contributed by atoms with E-state index in [2.05, 4.69) is 4.74 Å². The minimum atomic E-state index is -0.716. The molecule has 0 spiro atoms. The normalized spacial score (nSPS) is 10.8. The summed E-state index contributed by atoms with van der Waals surface area (Å²) < 4.78 is 17.4. The largest absolute Gasteiger partial charge is 0.508 e. The molecule has 0 heterocycles. The number of methoxy groups -OCH3 is 1. The first kappa shape index (κ1) is 14.6. The Hall–Kier alpha value is -2.82. The Balaban J connectivity index is 2.43. The maximum absolute atomic E-state index is 12.8. The fourth-order valence-electron chi connectivity index (χ4n) is 1.85. The number of carbonyl (C=O) groups excluding carboxylic acids is 1. The van der Waals surface area contributed by atoms with Crippen LogP contribution in [0.2, 0.25) is 0 Å². The zero-order chi connectivity index (χ0) is 15.4. The number of benzene rings is 2. The standard InChI is InChI=1S/C16H13FO4/c1-21-16(20)15-11(8-13(18)9-14(15)19)5-2-10-3-6-12(17)7-4-10/h2-9,18-19H,1H3. The Morgan fingerprint density at radius 3 is 2.43 bits per heavy atom. The first-order valence-corrected chi connectivity index (χ1v) is 6.09. The molecule has 2 N–H and O–H groups in total. The molecular formula is C16H13FO4. The molecule has 0 radical (unpaired) electrons. The van der Waals surface area contributed by atoms with E-state index in [1.165, 1.54) is 31.4 Å². The Bertz CT molecular complexity index is 690. The lowest BCUT2D eigenvalue weighted by atomic mass is 10.0. The summed E-state index contributed by atoms with van der Waals surface area (Å²) in [6, 6.07) is 8.12. The first-order valence-electron chi connectivity index (χ1n) is 6.09. The lowest BCUT2D eigenvalue weighted by molar-refractivity contribution is 0.0597. The molecule has 0 aromatic heterocycles. The Morgan fingerprint density at radius 1 is 1.14 bits per heavy atom. The Kier molecular flexibility index (Phi) is 4.23. The van der Waals surface area contributed by atoms with Crippen LogP contribution in [0.5, 0.6) is 11.5 Å². The molecule has 0 atom stereocenters. The summed E-state index contributed by atoms with van der Waals surface area (Å²) in [5.74, 6) is -1.62. The molecule has 0 aliphatic carbocycles. The van der Waals surface area contributed by atoms with E-state index in [9.17, 15) is 19.4 Å². The van der Waals surface area contributed by atoms with Crippen LogP contribution in [-0.2, 0) is 4.74 Å². The molecule has 2 aromatic rings. The number of carbonyl (C=O) groups is 1. The highest BCUT2D eigenvalue weighted by molar-refractivity contribution is 5.97. The second-order valence-corrected chi connectivity index (χ2v) is 4.31. The van der Waals surface area contributed by atoms with E-state index >= 15 is 0 Å². The van der Waals surface area contributed by atoms with Crippen LogP contribution in [0, 0.1) is 5.82 Å². The van der Waals surface area contributed by atoms with Gasteiger partial charge in [-0.25, -0.2) is 9.18 Å². The molecule has 21 heavy (non-hydrogen) atoms. The zero-order valence-electron chi connectivity index (χ0n) is 11.2. The molecule has 108 valence electrons. The van der Waals surface area contributed by atoms with Gasteiger partial charge in [0.1, 0.15) is 22.9 Å². The van der Waals surface area contributed by atoms with Gasteiger partial charge in [-0.05, 0) is 29.3 Å². The van der Waals surface area contributed by atoms with E-state index in [-0.39, 0.29) is 22.9 Å². The molecule has 0 bridgehead atoms. The maximum Gasteiger partial charge on any atom is 0.342 e. The van der Waals surface area contributed by atoms with Gasteiger partial charge in [0, 0.05) is 6.07 Å². The number of halogens is 1. The minimum Gasteiger partial charge on any atom is -0.508 e. The first-order chi connectivity index (χ1) is 10.0. The van der Waals surface area contributed by atoms with Crippen LogP contribution in [0.1, 0.15) is 21.5 Å². The van der Waals surface area contributed by atoms with Crippen LogP contribution in [0.25, 0.3) is 12.2 Å². The van der Waals surface area contributed by atoms with Gasteiger partial charge in [0.2, 0.25) is 0 Å². The molecule has 0 aliphatic rings. The van der Waals surface area contributed by atoms with Gasteiger partial charge < -0.3 is 14.9 Å². The smallest absolute Gasteiger partial charge is 0.342 e. The van der Waals surface area contributed by atoms with Crippen LogP contribution in [0.15, 0.2) is 36.4 Å². The van der Waals surface area contributed by atoms with Gasteiger partial charge >= 0.3 is 5.97 Å². The summed E-state index contributed by atoms with van der Waals surface area (Å²) in [6.45, 7) is 0. The molecule has 2 rings (SSSR count). The van der Waals surface area contributed by atoms with Crippen molar-refractivity contribution >= 4 is 18.1 Å². The maximum atomic E-state index is 12.8. The number of rotatable bonds is 3. The van der Waals surface area contributed by atoms with Crippen molar-refractivity contribution in [1.82, 2.24) is 0 Å². The minimum absolute atomic E-state index is 0.0475. The quantitative estimate of drug-likeness (QED) is 0.672. The number of phenolic OH excluding ortho intramolecular Hbond substituents is 2. The third-order valence-corrected chi connectivity index (χ3v) is 2.85. The van der Waals surface area contributed by atoms with Gasteiger partial charge in [0.25, 0.3) is 0 Å². The Morgan fingerprint density at radius 2 is 1.81 bits per heavy atom. The van der Waals surface area contributed by atoms with E-state index in [4.69, 9.17) is 0 Å². The summed E-state index contributed by atoms with van der Waals surface area (Å²) in [4.78, 5) is 11.7. The van der Waals surface area contributed by atoms with Gasteiger partial charge in [0.05, 0.1) is 7.11 Å². The molecule has 0 fully saturated rings. The van der Waals surface area contributed by atoms with Crippen molar-refractivity contribution in [2.75, 3.05) is 7.11 Å². The van der Waals surface area contributed by atoms with Gasteiger partial charge in [0.15, 0.2) is 0 Å². The van der Waals surface area contributed by atoms with Crippen molar-refractivity contribution in [2.45, 2.75) is 0 Å². The van der Waals surface area contributed by atoms with Crippen molar-refractivity contribution in [2.24, 2.45) is 0 Å². The fourth-order valence-corrected chi connectivity index (χ4v) is 1.85. The number of phenols is 2. The average molecular weight is 288 g/mol. The fraction of sp³-hybridized carbons (Fsp3) is 0.0625. The lowest BCUT2D eigenvalue weighted by Gasteiger charge is -2.07. The third-order valence-electron chi connectivity index (χ3n) is 2.85. The lowest BCUT2D eigenvalue weighted by Crippen LogP contribution is -2.04. The number of hydrogen-bond acceptors (Lipinski definition) is 4. The highest BCUT2D eigenvalue weighted by Crippen LogP contribution is 2.29. The monoisotopic (exact) mass is 288 g/mol. The molecule has 0 saturated carbocycles. The van der Waals surface area contributed by atoms with Crippen molar-refractivity contribution in [3.63, 3.8) is 0 Å². The Labute approximate surface area is 120 Å². The van der Waals surface area contributed by atoms with Crippen molar-refractivity contribution in [3.8, 4) is 11.5 Å². The number of hydrogen-bond donors (Lipinski definition) is 2. The van der Waals surface area contributed by atoms with E-state index in [0.29, 0.717) is 11.1 Å². The highest BCUT2D eigenvalue weighted by atomic mass is 19.1. The summed E-state index contributed by atoms with van der Waals surface area (Å²) in [7, 11) is 1.20. The molecule has 0 amide bonds. The highest BCUT2D eigenvalue weighted by Gasteiger charge is 2.16. The predicted molar refractivity (Wildman–Crippen MR) is 76.4 cm³/mol. The van der Waals surface area contributed by atoms with Crippen LogP contribution in [0.3, 0.4) is 0 Å². The zero-order valence-corrected chi connectivity index (χ0v) is 11.2. The van der Waals surface area contributed by atoms with E-state index in [0.717, 1.165) is 6.07 Å². The topological polar surface area (TPSA) is 66.8 Å². The number of ether oxygens (including phenoxy) is 1. The number of aromatic hydroxyl groups is 2. The van der Waals surface area contributed by atoms with Gasteiger partial charge in [-0.15, -0.1) is 0 Å². The number of esters is 1. The van der Waals surface area contributed by atoms with E-state index in [1.54, 1.807) is 18.2 Å². The third kappa shape index (κ3) is 3.39. The van der Waals surface area contributed by atoms with Crippen molar-refractivity contribution in [1.29, 1.82) is 0 Å². The van der Waals surface area contributed by atoms with Crippen LogP contribution >= 0.6 is 0 Å². The van der Waals surface area contributed by atoms with Crippen LogP contribution in [0.4, 0.5) is 4.39 Å². The molecule has 0 aliphatic heterocycles. The van der Waals surface area contributed by atoms with E-state index < -0.39 is 5.97 Å². The molecule has 5 heteroatoms.